The lowest BCUT2D eigenvalue weighted by Gasteiger charge is -2.44. The highest BCUT2D eigenvalue weighted by molar-refractivity contribution is 5.94. The van der Waals surface area contributed by atoms with Crippen LogP contribution in [0.5, 0.6) is 0 Å². The first-order valence-electron chi connectivity index (χ1n) is 8.91. The number of rotatable bonds is 3. The van der Waals surface area contributed by atoms with Crippen LogP contribution in [-0.2, 0) is 11.2 Å². The maximum atomic E-state index is 12.3. The van der Waals surface area contributed by atoms with E-state index in [-0.39, 0.29) is 11.9 Å². The number of amides is 1. The Morgan fingerprint density at radius 2 is 2.04 bits per heavy atom. The summed E-state index contributed by atoms with van der Waals surface area (Å²) in [5, 5.41) is 0. The summed E-state index contributed by atoms with van der Waals surface area (Å²) >= 11 is 0. The second-order valence-corrected chi connectivity index (χ2v) is 7.09. The van der Waals surface area contributed by atoms with Gasteiger partial charge in [-0.25, -0.2) is 0 Å². The number of hydrogen-bond acceptors (Lipinski definition) is 2. The normalized spacial score (nSPS) is 22.4. The van der Waals surface area contributed by atoms with Crippen LogP contribution in [0.3, 0.4) is 0 Å². The van der Waals surface area contributed by atoms with E-state index in [1.165, 1.54) is 5.56 Å². The summed E-state index contributed by atoms with van der Waals surface area (Å²) in [7, 11) is 0. The first-order chi connectivity index (χ1) is 11.9. The molecule has 1 amide bonds. The van der Waals surface area contributed by atoms with Gasteiger partial charge in [0.2, 0.25) is 5.91 Å². The number of fused-ring (bicyclic) bond motifs is 1. The first-order valence-corrected chi connectivity index (χ1v) is 8.91. The molecule has 25 heavy (non-hydrogen) atoms. The lowest BCUT2D eigenvalue weighted by molar-refractivity contribution is -0.117. The van der Waals surface area contributed by atoms with Crippen molar-refractivity contribution >= 4 is 17.7 Å². The van der Waals surface area contributed by atoms with Gasteiger partial charge in [0.05, 0.1) is 0 Å². The van der Waals surface area contributed by atoms with E-state index in [9.17, 15) is 4.79 Å². The van der Waals surface area contributed by atoms with E-state index >= 15 is 0 Å². The fourth-order valence-corrected chi connectivity index (χ4v) is 3.98. The lowest BCUT2D eigenvalue weighted by Crippen LogP contribution is -2.47. The molecule has 2 aromatic rings. The van der Waals surface area contributed by atoms with Gasteiger partial charge in [-0.05, 0) is 67.5 Å². The molecule has 0 N–H and O–H groups in total. The molecule has 3 rings (SSSR count). The van der Waals surface area contributed by atoms with Crippen molar-refractivity contribution in [3.63, 3.8) is 0 Å². The standard InChI is InChI=1S/C22H26N2O/c1-6-18-10-11-22-21(12-18)20(13-19-9-7-8-14(2)23-19)15(3)16(4)24(22)17(5)25/h6-12,15-16,20H,1,13H2,2-5H3/t15?,16-,20+/m0/s1. The minimum absolute atomic E-state index is 0.0964. The quantitative estimate of drug-likeness (QED) is 0.811. The van der Waals surface area contributed by atoms with Crippen molar-refractivity contribution in [3.05, 3.63) is 65.5 Å². The van der Waals surface area contributed by atoms with Crippen LogP contribution in [0.25, 0.3) is 6.08 Å². The third-order valence-corrected chi connectivity index (χ3v) is 5.46. The number of benzene rings is 1. The summed E-state index contributed by atoms with van der Waals surface area (Å²) in [5.41, 5.74) is 5.49. The number of aromatic nitrogens is 1. The second kappa shape index (κ2) is 6.83. The Labute approximate surface area is 150 Å². The zero-order valence-electron chi connectivity index (χ0n) is 15.5. The van der Waals surface area contributed by atoms with Crippen molar-refractivity contribution in [2.75, 3.05) is 4.90 Å². The molecule has 0 saturated heterocycles. The van der Waals surface area contributed by atoms with E-state index in [0.29, 0.717) is 11.8 Å². The largest absolute Gasteiger partial charge is 0.309 e. The molecule has 1 unspecified atom stereocenters. The average Bonchev–Trinajstić information content (AvgIpc) is 2.58. The smallest absolute Gasteiger partial charge is 0.224 e. The molecule has 1 aliphatic heterocycles. The molecular weight excluding hydrogens is 308 g/mol. The Balaban J connectivity index is 2.09. The maximum absolute atomic E-state index is 12.3. The van der Waals surface area contributed by atoms with Gasteiger partial charge in [0.15, 0.2) is 0 Å². The molecule has 130 valence electrons. The van der Waals surface area contributed by atoms with E-state index < -0.39 is 0 Å². The summed E-state index contributed by atoms with van der Waals surface area (Å²) in [4.78, 5) is 18.9. The van der Waals surface area contributed by atoms with Crippen LogP contribution >= 0.6 is 0 Å². The predicted octanol–water partition coefficient (Wildman–Crippen LogP) is 4.75. The molecule has 1 aromatic carbocycles. The summed E-state index contributed by atoms with van der Waals surface area (Å²) in [5.74, 6) is 0.771. The third-order valence-electron chi connectivity index (χ3n) is 5.46. The monoisotopic (exact) mass is 334 g/mol. The summed E-state index contributed by atoms with van der Waals surface area (Å²) in [6, 6.07) is 12.6. The van der Waals surface area contributed by atoms with Gasteiger partial charge in [0, 0.05) is 30.0 Å². The van der Waals surface area contributed by atoms with Gasteiger partial charge in [0.1, 0.15) is 0 Å². The van der Waals surface area contributed by atoms with Crippen molar-refractivity contribution in [2.24, 2.45) is 5.92 Å². The van der Waals surface area contributed by atoms with Gasteiger partial charge in [-0.1, -0.05) is 31.7 Å². The number of carbonyl (C=O) groups excluding carboxylic acids is 1. The molecule has 0 fully saturated rings. The molecular formula is C22H26N2O. The highest BCUT2D eigenvalue weighted by Crippen LogP contribution is 2.44. The van der Waals surface area contributed by atoms with Gasteiger partial charge < -0.3 is 4.90 Å². The van der Waals surface area contributed by atoms with Gasteiger partial charge in [-0.3, -0.25) is 9.78 Å². The molecule has 3 heteroatoms. The minimum atomic E-state index is 0.0964. The van der Waals surface area contributed by atoms with Crippen molar-refractivity contribution in [1.82, 2.24) is 4.98 Å². The van der Waals surface area contributed by atoms with E-state index in [1.807, 2.05) is 30.0 Å². The minimum Gasteiger partial charge on any atom is -0.309 e. The number of hydrogen-bond donors (Lipinski definition) is 0. The van der Waals surface area contributed by atoms with Crippen LogP contribution < -0.4 is 4.90 Å². The van der Waals surface area contributed by atoms with Crippen molar-refractivity contribution < 1.29 is 4.79 Å². The van der Waals surface area contributed by atoms with E-state index in [2.05, 4.69) is 44.7 Å². The number of carbonyl (C=O) groups is 1. The van der Waals surface area contributed by atoms with E-state index in [1.54, 1.807) is 6.92 Å². The van der Waals surface area contributed by atoms with Crippen LogP contribution in [0, 0.1) is 12.8 Å². The van der Waals surface area contributed by atoms with Crippen LogP contribution in [0.4, 0.5) is 5.69 Å². The number of nitrogens with zero attached hydrogens (tertiary/aromatic N) is 2. The second-order valence-electron chi connectivity index (χ2n) is 7.09. The van der Waals surface area contributed by atoms with Gasteiger partial charge in [-0.2, -0.15) is 0 Å². The van der Waals surface area contributed by atoms with Gasteiger partial charge in [-0.15, -0.1) is 0 Å². The molecule has 0 spiro atoms. The molecule has 3 nitrogen and oxygen atoms in total. The fourth-order valence-electron chi connectivity index (χ4n) is 3.98. The average molecular weight is 334 g/mol. The Kier molecular flexibility index (Phi) is 4.76. The van der Waals surface area contributed by atoms with Crippen molar-refractivity contribution in [3.8, 4) is 0 Å². The number of pyridine rings is 1. The van der Waals surface area contributed by atoms with Crippen molar-refractivity contribution in [1.29, 1.82) is 0 Å². The highest BCUT2D eigenvalue weighted by atomic mass is 16.2. The van der Waals surface area contributed by atoms with Crippen LogP contribution in [0.15, 0.2) is 43.0 Å². The molecule has 3 atom stereocenters. The zero-order chi connectivity index (χ0) is 18.1. The Morgan fingerprint density at radius 1 is 1.28 bits per heavy atom. The number of aryl methyl sites for hydroxylation is 1. The van der Waals surface area contributed by atoms with Crippen LogP contribution in [0.2, 0.25) is 0 Å². The number of anilines is 1. The Bertz CT molecular complexity index is 811. The molecule has 0 radical (unpaired) electrons. The molecule has 0 aliphatic carbocycles. The lowest BCUT2D eigenvalue weighted by atomic mass is 9.75. The predicted molar refractivity (Wildman–Crippen MR) is 104 cm³/mol. The zero-order valence-corrected chi connectivity index (χ0v) is 15.5. The molecule has 0 saturated carbocycles. The Morgan fingerprint density at radius 3 is 2.68 bits per heavy atom. The van der Waals surface area contributed by atoms with Crippen LogP contribution in [0.1, 0.15) is 49.2 Å². The Hall–Kier alpha value is -2.42. The molecule has 1 aliphatic rings. The van der Waals surface area contributed by atoms with E-state index in [0.717, 1.165) is 29.1 Å². The topological polar surface area (TPSA) is 33.2 Å². The van der Waals surface area contributed by atoms with E-state index in [4.69, 9.17) is 4.98 Å². The molecule has 2 heterocycles. The fraction of sp³-hybridized carbons (Fsp3) is 0.364. The summed E-state index contributed by atoms with van der Waals surface area (Å²) < 4.78 is 0. The molecule has 0 bridgehead atoms. The van der Waals surface area contributed by atoms with Gasteiger partial charge >= 0.3 is 0 Å². The molecule has 1 aromatic heterocycles. The maximum Gasteiger partial charge on any atom is 0.224 e. The summed E-state index contributed by atoms with van der Waals surface area (Å²) in [6.45, 7) is 12.0. The highest BCUT2D eigenvalue weighted by Gasteiger charge is 2.38. The van der Waals surface area contributed by atoms with Gasteiger partial charge in [0.25, 0.3) is 0 Å². The van der Waals surface area contributed by atoms with Crippen LogP contribution in [-0.4, -0.2) is 16.9 Å². The first kappa shape index (κ1) is 17.4. The SMILES string of the molecule is C=Cc1ccc2c(c1)[C@H](Cc1cccc(C)n1)C(C)[C@H](C)N2C(C)=O. The van der Waals surface area contributed by atoms with Crippen molar-refractivity contribution in [2.45, 2.75) is 46.1 Å². The summed E-state index contributed by atoms with van der Waals surface area (Å²) in [6.07, 6.45) is 2.75. The third kappa shape index (κ3) is 3.23.